The molecule has 0 bridgehead atoms. The topological polar surface area (TPSA) is 64.6 Å². The fourth-order valence-electron chi connectivity index (χ4n) is 3.34. The van der Waals surface area contributed by atoms with E-state index in [9.17, 15) is 9.59 Å². The summed E-state index contributed by atoms with van der Waals surface area (Å²) >= 11 is 6.16. The van der Waals surface area contributed by atoms with Gasteiger partial charge in [-0.1, -0.05) is 29.8 Å². The summed E-state index contributed by atoms with van der Waals surface area (Å²) in [6.45, 7) is 3.06. The largest absolute Gasteiger partial charge is 0.462 e. The maximum Gasteiger partial charge on any atom is 0.338 e. The molecule has 1 N–H and O–H groups in total. The monoisotopic (exact) mass is 387 g/mol. The fraction of sp³-hybridized carbons (Fsp3) is 0.333. The average Bonchev–Trinajstić information content (AvgIpc) is 2.69. The van der Waals surface area contributed by atoms with Crippen LogP contribution in [0.5, 0.6) is 0 Å². The third-order valence-electron chi connectivity index (χ3n) is 4.79. The summed E-state index contributed by atoms with van der Waals surface area (Å²) in [4.78, 5) is 25.2. The number of anilines is 1. The molecule has 0 spiro atoms. The van der Waals surface area contributed by atoms with E-state index in [4.69, 9.17) is 21.1 Å². The summed E-state index contributed by atoms with van der Waals surface area (Å²) in [7, 11) is 0. The van der Waals surface area contributed by atoms with Crippen LogP contribution in [0.4, 0.5) is 5.69 Å². The molecule has 6 heteroatoms. The first-order valence-corrected chi connectivity index (χ1v) is 9.35. The summed E-state index contributed by atoms with van der Waals surface area (Å²) in [6.07, 6.45) is 1.13. The number of ether oxygens (including phenoxy) is 2. The van der Waals surface area contributed by atoms with E-state index in [1.165, 1.54) is 0 Å². The first-order chi connectivity index (χ1) is 13.0. The number of carbonyl (C=O) groups excluding carboxylic acids is 2. The lowest BCUT2D eigenvalue weighted by molar-refractivity contribution is -0.125. The second kappa shape index (κ2) is 8.55. The van der Waals surface area contributed by atoms with Gasteiger partial charge in [-0.2, -0.15) is 0 Å². The molecule has 0 unspecified atom stereocenters. The van der Waals surface area contributed by atoms with Gasteiger partial charge in [0.1, 0.15) is 0 Å². The Morgan fingerprint density at radius 1 is 1.15 bits per heavy atom. The molecule has 2 aromatic carbocycles. The molecule has 0 saturated carbocycles. The van der Waals surface area contributed by atoms with E-state index in [1.807, 2.05) is 18.2 Å². The number of rotatable bonds is 5. The van der Waals surface area contributed by atoms with Crippen molar-refractivity contribution in [1.29, 1.82) is 0 Å². The number of hydrogen-bond acceptors (Lipinski definition) is 4. The van der Waals surface area contributed by atoms with Gasteiger partial charge in [0.05, 0.1) is 17.6 Å². The highest BCUT2D eigenvalue weighted by molar-refractivity contribution is 6.30. The first kappa shape index (κ1) is 19.4. The van der Waals surface area contributed by atoms with Gasteiger partial charge in [-0.05, 0) is 55.7 Å². The maximum absolute atomic E-state index is 13.3. The predicted molar refractivity (Wildman–Crippen MR) is 104 cm³/mol. The maximum atomic E-state index is 13.3. The summed E-state index contributed by atoms with van der Waals surface area (Å²) in [5, 5.41) is 3.56. The third kappa shape index (κ3) is 4.31. The Hall–Kier alpha value is -2.37. The van der Waals surface area contributed by atoms with Gasteiger partial charge in [0.2, 0.25) is 5.91 Å². The summed E-state index contributed by atoms with van der Waals surface area (Å²) < 4.78 is 10.5. The van der Waals surface area contributed by atoms with Gasteiger partial charge in [0.15, 0.2) is 0 Å². The highest BCUT2D eigenvalue weighted by Crippen LogP contribution is 2.37. The van der Waals surface area contributed by atoms with Gasteiger partial charge >= 0.3 is 5.97 Å². The molecule has 3 rings (SSSR count). The van der Waals surface area contributed by atoms with Crippen molar-refractivity contribution in [2.75, 3.05) is 25.1 Å². The number of nitrogens with one attached hydrogen (secondary N) is 1. The molecular formula is C21H22ClNO4. The molecule has 1 saturated heterocycles. The zero-order chi connectivity index (χ0) is 19.3. The van der Waals surface area contributed by atoms with Crippen molar-refractivity contribution in [2.24, 2.45) is 0 Å². The van der Waals surface area contributed by atoms with E-state index in [0.29, 0.717) is 48.9 Å². The van der Waals surface area contributed by atoms with Crippen LogP contribution in [0, 0.1) is 0 Å². The molecule has 1 aliphatic heterocycles. The fourth-order valence-corrected chi connectivity index (χ4v) is 3.53. The highest BCUT2D eigenvalue weighted by Gasteiger charge is 2.41. The van der Waals surface area contributed by atoms with E-state index < -0.39 is 11.4 Å². The van der Waals surface area contributed by atoms with E-state index in [-0.39, 0.29) is 5.91 Å². The van der Waals surface area contributed by atoms with Gasteiger partial charge in [-0.25, -0.2) is 4.79 Å². The molecule has 0 aliphatic carbocycles. The highest BCUT2D eigenvalue weighted by atomic mass is 35.5. The van der Waals surface area contributed by atoms with Crippen LogP contribution in [0.2, 0.25) is 5.02 Å². The Labute approximate surface area is 163 Å². The molecule has 0 atom stereocenters. The number of amides is 1. The van der Waals surface area contributed by atoms with Gasteiger partial charge in [-0.3, -0.25) is 4.79 Å². The number of carbonyl (C=O) groups is 2. The number of hydrogen-bond donors (Lipinski definition) is 1. The average molecular weight is 388 g/mol. The Kier molecular flexibility index (Phi) is 6.14. The molecule has 0 radical (unpaired) electrons. The van der Waals surface area contributed by atoms with Gasteiger partial charge in [-0.15, -0.1) is 0 Å². The lowest BCUT2D eigenvalue weighted by Crippen LogP contribution is -2.44. The minimum Gasteiger partial charge on any atom is -0.462 e. The van der Waals surface area contributed by atoms with Crippen molar-refractivity contribution < 1.29 is 19.1 Å². The Morgan fingerprint density at radius 3 is 2.59 bits per heavy atom. The SMILES string of the molecule is CCOC(=O)c1cccc(NC(=O)C2(c3cccc(Cl)c3)CCOCC2)c1. The molecule has 1 fully saturated rings. The van der Waals surface area contributed by atoms with Crippen molar-refractivity contribution in [3.8, 4) is 0 Å². The predicted octanol–water partition coefficient (Wildman–Crippen LogP) is 4.20. The van der Waals surface area contributed by atoms with Crippen LogP contribution in [0.15, 0.2) is 48.5 Å². The Balaban J connectivity index is 1.88. The van der Waals surface area contributed by atoms with E-state index >= 15 is 0 Å². The lowest BCUT2D eigenvalue weighted by atomic mass is 9.73. The van der Waals surface area contributed by atoms with Crippen molar-refractivity contribution in [3.63, 3.8) is 0 Å². The lowest BCUT2D eigenvalue weighted by Gasteiger charge is -2.36. The molecule has 1 amide bonds. The molecular weight excluding hydrogens is 366 g/mol. The Morgan fingerprint density at radius 2 is 1.89 bits per heavy atom. The minimum atomic E-state index is -0.719. The summed E-state index contributed by atoms with van der Waals surface area (Å²) in [6, 6.07) is 14.2. The van der Waals surface area contributed by atoms with E-state index in [0.717, 1.165) is 5.56 Å². The number of halogens is 1. The summed E-state index contributed by atoms with van der Waals surface area (Å²) in [5.74, 6) is -0.543. The molecule has 1 aliphatic rings. The van der Waals surface area contributed by atoms with Crippen molar-refractivity contribution in [2.45, 2.75) is 25.2 Å². The van der Waals surface area contributed by atoms with Gasteiger partial charge < -0.3 is 14.8 Å². The molecule has 27 heavy (non-hydrogen) atoms. The van der Waals surface area contributed by atoms with Crippen molar-refractivity contribution >= 4 is 29.2 Å². The van der Waals surface area contributed by atoms with Crippen LogP contribution in [0.3, 0.4) is 0 Å². The molecule has 5 nitrogen and oxygen atoms in total. The zero-order valence-electron chi connectivity index (χ0n) is 15.2. The second-order valence-corrected chi connectivity index (χ2v) is 6.90. The van der Waals surface area contributed by atoms with Gasteiger partial charge in [0, 0.05) is 23.9 Å². The number of benzene rings is 2. The van der Waals surface area contributed by atoms with Crippen molar-refractivity contribution in [3.05, 3.63) is 64.7 Å². The molecule has 1 heterocycles. The van der Waals surface area contributed by atoms with Gasteiger partial charge in [0.25, 0.3) is 0 Å². The van der Waals surface area contributed by atoms with Crippen molar-refractivity contribution in [1.82, 2.24) is 0 Å². The second-order valence-electron chi connectivity index (χ2n) is 6.46. The minimum absolute atomic E-state index is 0.130. The van der Waals surface area contributed by atoms with Crippen LogP contribution in [0.25, 0.3) is 0 Å². The van der Waals surface area contributed by atoms with E-state index in [2.05, 4.69) is 5.32 Å². The van der Waals surface area contributed by atoms with Crippen LogP contribution >= 0.6 is 11.6 Å². The standard InChI is InChI=1S/C21H22ClNO4/c1-2-27-19(24)15-5-3-8-18(13-15)23-20(25)21(9-11-26-12-10-21)16-6-4-7-17(22)14-16/h3-8,13-14H,2,9-12H2,1H3,(H,23,25). The van der Waals surface area contributed by atoms with Crippen LogP contribution < -0.4 is 5.32 Å². The quantitative estimate of drug-likeness (QED) is 0.781. The molecule has 142 valence electrons. The summed E-state index contributed by atoms with van der Waals surface area (Å²) in [5.41, 5.74) is 1.11. The third-order valence-corrected chi connectivity index (χ3v) is 5.02. The zero-order valence-corrected chi connectivity index (χ0v) is 15.9. The molecule has 2 aromatic rings. The molecule has 0 aromatic heterocycles. The number of esters is 1. The van der Waals surface area contributed by atoms with E-state index in [1.54, 1.807) is 37.3 Å². The normalized spacial score (nSPS) is 15.8. The van der Waals surface area contributed by atoms with Crippen LogP contribution in [-0.2, 0) is 19.7 Å². The Bertz CT molecular complexity index is 830. The smallest absolute Gasteiger partial charge is 0.338 e. The van der Waals surface area contributed by atoms with Crippen LogP contribution in [0.1, 0.15) is 35.7 Å². The van der Waals surface area contributed by atoms with Crippen LogP contribution in [-0.4, -0.2) is 31.7 Å². The first-order valence-electron chi connectivity index (χ1n) is 8.97.